The molecule has 5 atom stereocenters. The molecule has 0 aromatic carbocycles. The Morgan fingerprint density at radius 2 is 1.97 bits per heavy atom. The fourth-order valence-electron chi connectivity index (χ4n) is 5.92. The highest BCUT2D eigenvalue weighted by molar-refractivity contribution is 8.02. The molecule has 0 aromatic heterocycles. The Labute approximate surface area is 189 Å². The summed E-state index contributed by atoms with van der Waals surface area (Å²) < 4.78 is -1.19. The molecule has 2 amide bonds. The molecule has 2 bridgehead atoms. The van der Waals surface area contributed by atoms with Gasteiger partial charge in [-0.25, -0.2) is 0 Å². The first-order valence-electron chi connectivity index (χ1n) is 11.4. The molecule has 31 heavy (non-hydrogen) atoms. The molecule has 7 nitrogen and oxygen atoms in total. The smallest absolute Gasteiger partial charge is 0.308 e. The molecule has 3 aliphatic rings. The summed E-state index contributed by atoms with van der Waals surface area (Å²) in [7, 11) is 0. The summed E-state index contributed by atoms with van der Waals surface area (Å²) in [5, 5.41) is 19.0. The van der Waals surface area contributed by atoms with Gasteiger partial charge in [-0.15, -0.1) is 18.3 Å². The topological polar surface area (TPSA) is 98.2 Å². The molecular formula is C23H36N2O5S. The van der Waals surface area contributed by atoms with Crippen LogP contribution in [0.1, 0.15) is 59.3 Å². The summed E-state index contributed by atoms with van der Waals surface area (Å²) in [5.74, 6) is -2.62. The van der Waals surface area contributed by atoms with Crippen molar-refractivity contribution in [2.24, 2.45) is 11.8 Å². The second-order valence-electron chi connectivity index (χ2n) is 9.61. The maximum atomic E-state index is 13.9. The molecule has 0 saturated carbocycles. The van der Waals surface area contributed by atoms with Gasteiger partial charge in [0.25, 0.3) is 0 Å². The van der Waals surface area contributed by atoms with Crippen molar-refractivity contribution >= 4 is 29.5 Å². The van der Waals surface area contributed by atoms with Gasteiger partial charge in [-0.2, -0.15) is 0 Å². The molecular weight excluding hydrogens is 416 g/mol. The van der Waals surface area contributed by atoms with E-state index in [-0.39, 0.29) is 24.5 Å². The van der Waals surface area contributed by atoms with E-state index in [0.717, 1.165) is 25.7 Å². The number of aliphatic hydroxyl groups is 1. The molecule has 0 radical (unpaired) electrons. The van der Waals surface area contributed by atoms with E-state index in [1.165, 1.54) is 0 Å². The number of carboxylic acid groups (broad SMARTS) is 1. The van der Waals surface area contributed by atoms with Crippen LogP contribution in [0.5, 0.6) is 0 Å². The number of nitrogens with zero attached hydrogens (tertiary/aromatic N) is 2. The SMILES string of the molecule is C=CCN(C(=O)C1N(CCCCCCO)C(=O)[C@@H]2[C@@H](C(=O)O)[C@@]3(C)CCC12S3)C(C)C. The maximum Gasteiger partial charge on any atom is 0.308 e. The highest BCUT2D eigenvalue weighted by Crippen LogP contribution is 2.71. The highest BCUT2D eigenvalue weighted by atomic mass is 32.2. The molecule has 174 valence electrons. The standard InChI is InChI=1S/C23H36N2O5S/c1-5-12-24(15(2)3)20(28)18-23-11-10-22(4,31-23)17(21(29)30)16(23)19(27)25(18)13-8-6-7-9-14-26/h5,15-18,26H,1,6-14H2,2-4H3,(H,29,30)/t16-,17-,18?,22+,23?/m0/s1. The molecule has 3 heterocycles. The van der Waals surface area contributed by atoms with Gasteiger partial charge >= 0.3 is 5.97 Å². The molecule has 0 aliphatic carbocycles. The summed E-state index contributed by atoms with van der Waals surface area (Å²) in [6, 6.07) is -0.682. The third-order valence-corrected chi connectivity index (χ3v) is 9.30. The Balaban J connectivity index is 1.96. The van der Waals surface area contributed by atoms with Crippen LogP contribution in [-0.4, -0.2) is 79.1 Å². The molecule has 2 unspecified atom stereocenters. The lowest BCUT2D eigenvalue weighted by Gasteiger charge is -2.38. The van der Waals surface area contributed by atoms with Crippen molar-refractivity contribution in [2.75, 3.05) is 19.7 Å². The average molecular weight is 453 g/mol. The lowest BCUT2D eigenvalue weighted by atomic mass is 9.66. The van der Waals surface area contributed by atoms with Crippen LogP contribution >= 0.6 is 11.8 Å². The van der Waals surface area contributed by atoms with Crippen molar-refractivity contribution < 1.29 is 24.6 Å². The van der Waals surface area contributed by atoms with E-state index in [9.17, 15) is 19.5 Å². The second-order valence-corrected chi connectivity index (χ2v) is 11.5. The minimum absolute atomic E-state index is 0.0445. The van der Waals surface area contributed by atoms with Gasteiger partial charge in [0.2, 0.25) is 11.8 Å². The van der Waals surface area contributed by atoms with Gasteiger partial charge < -0.3 is 20.0 Å². The van der Waals surface area contributed by atoms with Gasteiger partial charge in [0.05, 0.1) is 16.6 Å². The van der Waals surface area contributed by atoms with Crippen LogP contribution in [-0.2, 0) is 14.4 Å². The van der Waals surface area contributed by atoms with Gasteiger partial charge in [0.1, 0.15) is 6.04 Å². The molecule has 3 aliphatic heterocycles. The summed E-state index contributed by atoms with van der Waals surface area (Å²) in [6.07, 6.45) is 6.27. The van der Waals surface area contributed by atoms with Gasteiger partial charge in [-0.05, 0) is 46.5 Å². The Morgan fingerprint density at radius 3 is 2.55 bits per heavy atom. The summed E-state index contributed by atoms with van der Waals surface area (Å²) in [4.78, 5) is 43.2. The van der Waals surface area contributed by atoms with Crippen LogP contribution in [0.15, 0.2) is 12.7 Å². The lowest BCUT2D eigenvalue weighted by molar-refractivity contribution is -0.150. The number of carboxylic acids is 1. The minimum Gasteiger partial charge on any atom is -0.481 e. The monoisotopic (exact) mass is 452 g/mol. The van der Waals surface area contributed by atoms with Crippen molar-refractivity contribution in [3.05, 3.63) is 12.7 Å². The Kier molecular flexibility index (Phi) is 7.11. The number of fused-ring (bicyclic) bond motifs is 1. The number of hydrogen-bond donors (Lipinski definition) is 2. The lowest BCUT2D eigenvalue weighted by Crippen LogP contribution is -2.56. The average Bonchev–Trinajstić information content (AvgIpc) is 3.26. The number of likely N-dealkylation sites (tertiary alicyclic amines) is 1. The zero-order valence-electron chi connectivity index (χ0n) is 18.9. The zero-order valence-corrected chi connectivity index (χ0v) is 19.7. The largest absolute Gasteiger partial charge is 0.481 e. The van der Waals surface area contributed by atoms with Crippen LogP contribution in [0.4, 0.5) is 0 Å². The van der Waals surface area contributed by atoms with E-state index in [1.54, 1.807) is 27.6 Å². The zero-order chi connectivity index (χ0) is 23.0. The number of carbonyl (C=O) groups excluding carboxylic acids is 2. The van der Waals surface area contributed by atoms with E-state index in [1.807, 2.05) is 20.8 Å². The van der Waals surface area contributed by atoms with Crippen LogP contribution in [0.2, 0.25) is 0 Å². The number of hydrogen-bond acceptors (Lipinski definition) is 5. The van der Waals surface area contributed by atoms with Crippen molar-refractivity contribution in [3.63, 3.8) is 0 Å². The first-order chi connectivity index (χ1) is 14.6. The molecule has 1 spiro atoms. The Hall–Kier alpha value is -1.54. The van der Waals surface area contributed by atoms with E-state index < -0.39 is 33.3 Å². The van der Waals surface area contributed by atoms with Crippen LogP contribution in [0.25, 0.3) is 0 Å². The third kappa shape index (κ3) is 3.90. The molecule has 3 rings (SSSR count). The fraction of sp³-hybridized carbons (Fsp3) is 0.783. The number of aliphatic hydroxyl groups excluding tert-OH is 1. The van der Waals surface area contributed by atoms with E-state index in [0.29, 0.717) is 25.9 Å². The third-order valence-electron chi connectivity index (χ3n) is 7.32. The summed E-state index contributed by atoms with van der Waals surface area (Å²) in [5.41, 5.74) is 0. The number of thioether (sulfide) groups is 1. The van der Waals surface area contributed by atoms with E-state index in [4.69, 9.17) is 5.11 Å². The molecule has 3 fully saturated rings. The second kappa shape index (κ2) is 9.14. The van der Waals surface area contributed by atoms with Crippen LogP contribution < -0.4 is 0 Å². The maximum absolute atomic E-state index is 13.9. The Morgan fingerprint density at radius 1 is 1.29 bits per heavy atom. The van der Waals surface area contributed by atoms with Gasteiger partial charge in [0.15, 0.2) is 0 Å². The quantitative estimate of drug-likeness (QED) is 0.369. The molecule has 2 N–H and O–H groups in total. The number of aliphatic carboxylic acids is 1. The van der Waals surface area contributed by atoms with E-state index in [2.05, 4.69) is 6.58 Å². The molecule has 0 aromatic rings. The van der Waals surface area contributed by atoms with E-state index >= 15 is 0 Å². The van der Waals surface area contributed by atoms with Crippen molar-refractivity contribution in [2.45, 2.75) is 80.9 Å². The minimum atomic E-state index is -0.933. The first-order valence-corrected chi connectivity index (χ1v) is 12.2. The molecule has 3 saturated heterocycles. The van der Waals surface area contributed by atoms with Gasteiger partial charge in [-0.3, -0.25) is 14.4 Å². The Bertz CT molecular complexity index is 743. The first kappa shape index (κ1) is 24.1. The predicted molar refractivity (Wildman–Crippen MR) is 121 cm³/mol. The van der Waals surface area contributed by atoms with Gasteiger partial charge in [0, 0.05) is 30.5 Å². The highest BCUT2D eigenvalue weighted by Gasteiger charge is 2.77. The molecule has 8 heteroatoms. The van der Waals surface area contributed by atoms with Crippen LogP contribution in [0, 0.1) is 11.8 Å². The van der Waals surface area contributed by atoms with Crippen molar-refractivity contribution in [3.8, 4) is 0 Å². The number of unbranched alkanes of at least 4 members (excludes halogenated alkanes) is 3. The predicted octanol–water partition coefficient (Wildman–Crippen LogP) is 2.53. The van der Waals surface area contributed by atoms with Crippen LogP contribution in [0.3, 0.4) is 0 Å². The van der Waals surface area contributed by atoms with Crippen molar-refractivity contribution in [1.82, 2.24) is 9.80 Å². The fourth-order valence-corrected chi connectivity index (χ4v) is 8.26. The summed E-state index contributed by atoms with van der Waals surface area (Å²) >= 11 is 1.58. The normalized spacial score (nSPS) is 33.8. The number of amides is 2. The number of rotatable bonds is 11. The van der Waals surface area contributed by atoms with Gasteiger partial charge in [-0.1, -0.05) is 18.9 Å². The summed E-state index contributed by atoms with van der Waals surface area (Å²) in [6.45, 7) is 10.6. The number of carbonyl (C=O) groups is 3. The van der Waals surface area contributed by atoms with Crippen molar-refractivity contribution in [1.29, 1.82) is 0 Å².